The number of sulfonamides is 1. The van der Waals surface area contributed by atoms with Gasteiger partial charge in [-0.2, -0.15) is 14.8 Å². The molecule has 0 aliphatic carbocycles. The van der Waals surface area contributed by atoms with E-state index in [1.54, 1.807) is 30.3 Å². The second-order valence-electron chi connectivity index (χ2n) is 6.40. The monoisotopic (exact) mass is 394 g/mol. The van der Waals surface area contributed by atoms with E-state index in [1.165, 1.54) is 23.4 Å². The summed E-state index contributed by atoms with van der Waals surface area (Å²) in [5, 5.41) is 18.6. The summed E-state index contributed by atoms with van der Waals surface area (Å²) in [4.78, 5) is 13.6. The molecule has 1 aliphatic rings. The molecule has 0 spiro atoms. The number of hydrogen-bond donors (Lipinski definition) is 0. The molecule has 28 heavy (non-hydrogen) atoms. The number of Topliss-reactive ketones (excluding diaryl/α,β-unsaturated/α-hetero) is 1. The van der Waals surface area contributed by atoms with Crippen molar-refractivity contribution in [3.8, 4) is 12.1 Å². The summed E-state index contributed by atoms with van der Waals surface area (Å²) in [5.41, 5.74) is 1.69. The second kappa shape index (κ2) is 7.81. The van der Waals surface area contributed by atoms with Crippen LogP contribution in [0.4, 0.5) is 5.69 Å². The fourth-order valence-corrected chi connectivity index (χ4v) is 4.76. The first-order valence-corrected chi connectivity index (χ1v) is 10.1. The van der Waals surface area contributed by atoms with Gasteiger partial charge in [0.2, 0.25) is 10.0 Å². The molecular weight excluding hydrogens is 376 g/mol. The fourth-order valence-electron chi connectivity index (χ4n) is 3.20. The summed E-state index contributed by atoms with van der Waals surface area (Å²) < 4.78 is 27.2. The molecule has 1 heterocycles. The third kappa shape index (κ3) is 3.61. The van der Waals surface area contributed by atoms with Crippen LogP contribution < -0.4 is 4.90 Å². The largest absolute Gasteiger partial charge is 0.368 e. The predicted octanol–water partition coefficient (Wildman–Crippen LogP) is 2.14. The van der Waals surface area contributed by atoms with Crippen LogP contribution in [-0.4, -0.2) is 44.7 Å². The zero-order valence-corrected chi connectivity index (χ0v) is 16.1. The zero-order valence-electron chi connectivity index (χ0n) is 15.3. The highest BCUT2D eigenvalue weighted by Gasteiger charge is 2.31. The van der Waals surface area contributed by atoms with Crippen molar-refractivity contribution in [1.82, 2.24) is 4.31 Å². The molecule has 0 aromatic heterocycles. The summed E-state index contributed by atoms with van der Waals surface area (Å²) in [6.07, 6.45) is 0. The van der Waals surface area contributed by atoms with E-state index in [0.29, 0.717) is 29.9 Å². The maximum atomic E-state index is 12.9. The molecule has 0 unspecified atom stereocenters. The van der Waals surface area contributed by atoms with Crippen LogP contribution in [0.2, 0.25) is 0 Å². The summed E-state index contributed by atoms with van der Waals surface area (Å²) in [7, 11) is -3.78. The van der Waals surface area contributed by atoms with E-state index < -0.39 is 10.0 Å². The van der Waals surface area contributed by atoms with Gasteiger partial charge in [-0.15, -0.1) is 0 Å². The van der Waals surface area contributed by atoms with Gasteiger partial charge in [-0.3, -0.25) is 4.79 Å². The van der Waals surface area contributed by atoms with Crippen molar-refractivity contribution in [2.75, 3.05) is 31.1 Å². The Morgan fingerprint density at radius 3 is 2.21 bits per heavy atom. The highest BCUT2D eigenvalue weighted by atomic mass is 32.2. The summed E-state index contributed by atoms with van der Waals surface area (Å²) >= 11 is 0. The zero-order chi connectivity index (χ0) is 20.3. The SMILES string of the molecule is CC(=O)c1ccc(C#N)c(N2CCN(S(=O)(=O)c3ccccc3C#N)CC2)c1. The first-order valence-electron chi connectivity index (χ1n) is 8.68. The maximum Gasteiger partial charge on any atom is 0.244 e. The van der Waals surface area contributed by atoms with Gasteiger partial charge in [0, 0.05) is 31.7 Å². The Labute approximate surface area is 164 Å². The van der Waals surface area contributed by atoms with Crippen molar-refractivity contribution in [2.24, 2.45) is 0 Å². The van der Waals surface area contributed by atoms with Gasteiger partial charge >= 0.3 is 0 Å². The number of carbonyl (C=O) groups is 1. The molecule has 1 fully saturated rings. The number of carbonyl (C=O) groups excluding carboxylic acids is 1. The Kier molecular flexibility index (Phi) is 5.46. The minimum absolute atomic E-state index is 0.00207. The average Bonchev–Trinajstić information content (AvgIpc) is 2.73. The van der Waals surface area contributed by atoms with Gasteiger partial charge in [0.1, 0.15) is 12.1 Å². The van der Waals surface area contributed by atoms with Crippen LogP contribution in [0.5, 0.6) is 0 Å². The number of anilines is 1. The van der Waals surface area contributed by atoms with Crippen molar-refractivity contribution in [1.29, 1.82) is 10.5 Å². The van der Waals surface area contributed by atoms with Crippen molar-refractivity contribution >= 4 is 21.5 Å². The number of nitriles is 2. The van der Waals surface area contributed by atoms with E-state index in [9.17, 15) is 23.7 Å². The van der Waals surface area contributed by atoms with Gasteiger partial charge < -0.3 is 4.90 Å². The Balaban J connectivity index is 1.84. The van der Waals surface area contributed by atoms with Crippen molar-refractivity contribution in [2.45, 2.75) is 11.8 Å². The van der Waals surface area contributed by atoms with Crippen LogP contribution in [0.1, 0.15) is 28.4 Å². The van der Waals surface area contributed by atoms with Gasteiger partial charge in [-0.25, -0.2) is 8.42 Å². The van der Waals surface area contributed by atoms with E-state index in [2.05, 4.69) is 6.07 Å². The number of benzene rings is 2. The standard InChI is InChI=1S/C20H18N4O3S/c1-15(25)16-6-7-17(13-21)19(12-16)23-8-10-24(11-9-23)28(26,27)20-5-3-2-4-18(20)14-22/h2-7,12H,8-11H2,1H3. The number of ketones is 1. The molecule has 3 rings (SSSR count). The van der Waals surface area contributed by atoms with Gasteiger partial charge in [0.25, 0.3) is 0 Å². The molecule has 0 atom stereocenters. The van der Waals surface area contributed by atoms with Crippen molar-refractivity contribution < 1.29 is 13.2 Å². The second-order valence-corrected chi connectivity index (χ2v) is 8.31. The molecule has 1 aliphatic heterocycles. The van der Waals surface area contributed by atoms with Crippen LogP contribution in [-0.2, 0) is 10.0 Å². The maximum absolute atomic E-state index is 12.9. The molecule has 0 amide bonds. The predicted molar refractivity (Wildman–Crippen MR) is 103 cm³/mol. The van der Waals surface area contributed by atoms with E-state index in [4.69, 9.17) is 0 Å². The number of hydrogen-bond acceptors (Lipinski definition) is 6. The summed E-state index contributed by atoms with van der Waals surface area (Å²) in [6.45, 7) is 2.66. The number of nitrogens with zero attached hydrogens (tertiary/aromatic N) is 4. The molecule has 7 nitrogen and oxygen atoms in total. The van der Waals surface area contributed by atoms with E-state index in [0.717, 1.165) is 0 Å². The topological polar surface area (TPSA) is 105 Å². The fraction of sp³-hybridized carbons (Fsp3) is 0.250. The molecule has 142 valence electrons. The lowest BCUT2D eigenvalue weighted by Crippen LogP contribution is -2.49. The van der Waals surface area contributed by atoms with E-state index in [-0.39, 0.29) is 29.3 Å². The van der Waals surface area contributed by atoms with E-state index >= 15 is 0 Å². The van der Waals surface area contributed by atoms with Gasteiger partial charge in [-0.05, 0) is 37.3 Å². The van der Waals surface area contributed by atoms with Gasteiger partial charge in [0.05, 0.1) is 21.7 Å². The van der Waals surface area contributed by atoms with Crippen LogP contribution in [0.15, 0.2) is 47.4 Å². The van der Waals surface area contributed by atoms with Gasteiger partial charge in [0.15, 0.2) is 5.78 Å². The Hall–Kier alpha value is -3.20. The third-order valence-electron chi connectivity index (χ3n) is 4.73. The van der Waals surface area contributed by atoms with Crippen LogP contribution in [0, 0.1) is 22.7 Å². The smallest absolute Gasteiger partial charge is 0.244 e. The van der Waals surface area contributed by atoms with Crippen molar-refractivity contribution in [3.05, 3.63) is 59.2 Å². The minimum atomic E-state index is -3.78. The molecule has 2 aromatic rings. The lowest BCUT2D eigenvalue weighted by atomic mass is 10.1. The van der Waals surface area contributed by atoms with Crippen LogP contribution in [0.3, 0.4) is 0 Å². The quantitative estimate of drug-likeness (QED) is 0.736. The van der Waals surface area contributed by atoms with Crippen LogP contribution in [0.25, 0.3) is 0 Å². The Morgan fingerprint density at radius 1 is 0.964 bits per heavy atom. The lowest BCUT2D eigenvalue weighted by molar-refractivity contribution is 0.101. The first-order chi connectivity index (χ1) is 13.4. The molecule has 0 N–H and O–H groups in total. The highest BCUT2D eigenvalue weighted by molar-refractivity contribution is 7.89. The summed E-state index contributed by atoms with van der Waals surface area (Å²) in [6, 6.07) is 15.1. The Morgan fingerprint density at radius 2 is 1.61 bits per heavy atom. The van der Waals surface area contributed by atoms with Crippen molar-refractivity contribution in [3.63, 3.8) is 0 Å². The number of rotatable bonds is 4. The summed E-state index contributed by atoms with van der Waals surface area (Å²) in [5.74, 6) is -0.0972. The molecule has 8 heteroatoms. The molecular formula is C20H18N4O3S. The molecule has 1 saturated heterocycles. The molecule has 0 radical (unpaired) electrons. The first kappa shape index (κ1) is 19.6. The number of piperazine rings is 1. The normalized spacial score (nSPS) is 14.9. The minimum Gasteiger partial charge on any atom is -0.368 e. The lowest BCUT2D eigenvalue weighted by Gasteiger charge is -2.36. The van der Waals surface area contributed by atoms with E-state index in [1.807, 2.05) is 11.0 Å². The van der Waals surface area contributed by atoms with Crippen LogP contribution >= 0.6 is 0 Å². The molecule has 2 aromatic carbocycles. The molecule has 0 saturated carbocycles. The molecule has 0 bridgehead atoms. The average molecular weight is 394 g/mol. The Bertz CT molecular complexity index is 1110. The third-order valence-corrected chi connectivity index (χ3v) is 6.69. The highest BCUT2D eigenvalue weighted by Crippen LogP contribution is 2.26. The van der Waals surface area contributed by atoms with Gasteiger partial charge in [-0.1, -0.05) is 12.1 Å².